The standard InChI is InChI=1S/C17H18N4OS/c1-11-8-16(22)21-17(18-11)20-14(15-10-23-12(2)19-15)9-13-6-4-3-5-7-13/h3-8,10,14H,9H2,1-2H3,(H2,18,20,21,22)/t14-/m0/s1. The molecule has 0 radical (unpaired) electrons. The number of hydrogen-bond donors (Lipinski definition) is 2. The van der Waals surface area contributed by atoms with E-state index in [2.05, 4.69) is 32.4 Å². The van der Waals surface area contributed by atoms with E-state index in [0.717, 1.165) is 17.1 Å². The highest BCUT2D eigenvalue weighted by atomic mass is 32.1. The normalized spacial score (nSPS) is 12.1. The van der Waals surface area contributed by atoms with Crippen molar-refractivity contribution in [3.8, 4) is 0 Å². The number of rotatable bonds is 5. The lowest BCUT2D eigenvalue weighted by Gasteiger charge is -2.17. The Hall–Kier alpha value is -2.47. The van der Waals surface area contributed by atoms with Crippen LogP contribution in [0.1, 0.15) is 28.0 Å². The third kappa shape index (κ3) is 4.04. The van der Waals surface area contributed by atoms with Crippen LogP contribution in [0.4, 0.5) is 5.95 Å². The van der Waals surface area contributed by atoms with Crippen molar-refractivity contribution >= 4 is 17.3 Å². The quantitative estimate of drug-likeness (QED) is 0.755. The van der Waals surface area contributed by atoms with Gasteiger partial charge >= 0.3 is 0 Å². The molecule has 0 bridgehead atoms. The van der Waals surface area contributed by atoms with Crippen molar-refractivity contribution in [3.05, 3.63) is 74.1 Å². The fourth-order valence-electron chi connectivity index (χ4n) is 2.43. The number of nitrogens with zero attached hydrogens (tertiary/aromatic N) is 2. The summed E-state index contributed by atoms with van der Waals surface area (Å²) in [5.41, 5.74) is 2.68. The number of aryl methyl sites for hydroxylation is 2. The van der Waals surface area contributed by atoms with E-state index in [0.29, 0.717) is 11.6 Å². The Morgan fingerprint density at radius 2 is 2.00 bits per heavy atom. The molecule has 6 heteroatoms. The van der Waals surface area contributed by atoms with Crippen LogP contribution >= 0.6 is 11.3 Å². The number of benzene rings is 1. The van der Waals surface area contributed by atoms with E-state index < -0.39 is 0 Å². The Bertz CT molecular complexity index is 841. The van der Waals surface area contributed by atoms with E-state index in [1.807, 2.05) is 30.5 Å². The van der Waals surface area contributed by atoms with Gasteiger partial charge in [0.15, 0.2) is 0 Å². The summed E-state index contributed by atoms with van der Waals surface area (Å²) in [6.07, 6.45) is 0.766. The SMILES string of the molecule is Cc1cc(=O)[nH]c(N[C@@H](Cc2ccccc2)c2csc(C)n2)n1. The predicted molar refractivity (Wildman–Crippen MR) is 93.0 cm³/mol. The largest absolute Gasteiger partial charge is 0.347 e. The number of anilines is 1. The van der Waals surface area contributed by atoms with Gasteiger partial charge in [0, 0.05) is 17.1 Å². The molecule has 1 atom stereocenters. The predicted octanol–water partition coefficient (Wildman–Crippen LogP) is 3.24. The van der Waals surface area contributed by atoms with Crippen LogP contribution in [0.3, 0.4) is 0 Å². The van der Waals surface area contributed by atoms with Gasteiger partial charge in [-0.3, -0.25) is 9.78 Å². The zero-order chi connectivity index (χ0) is 16.2. The van der Waals surface area contributed by atoms with Gasteiger partial charge in [0.1, 0.15) is 0 Å². The lowest BCUT2D eigenvalue weighted by molar-refractivity contribution is 0.737. The molecule has 0 amide bonds. The molecule has 118 valence electrons. The molecule has 3 rings (SSSR count). The zero-order valence-corrected chi connectivity index (χ0v) is 13.9. The second-order valence-corrected chi connectivity index (χ2v) is 6.48. The Kier molecular flexibility index (Phi) is 4.52. The topological polar surface area (TPSA) is 70.7 Å². The van der Waals surface area contributed by atoms with E-state index in [1.165, 1.54) is 11.6 Å². The van der Waals surface area contributed by atoms with Crippen LogP contribution in [0, 0.1) is 13.8 Å². The lowest BCUT2D eigenvalue weighted by atomic mass is 10.0. The van der Waals surface area contributed by atoms with Gasteiger partial charge < -0.3 is 5.32 Å². The van der Waals surface area contributed by atoms with Gasteiger partial charge in [-0.2, -0.15) is 0 Å². The molecule has 0 saturated heterocycles. The van der Waals surface area contributed by atoms with Gasteiger partial charge in [-0.1, -0.05) is 30.3 Å². The van der Waals surface area contributed by atoms with Gasteiger partial charge in [-0.05, 0) is 25.8 Å². The molecule has 0 unspecified atom stereocenters. The van der Waals surface area contributed by atoms with Gasteiger partial charge in [-0.25, -0.2) is 9.97 Å². The minimum absolute atomic E-state index is 0.0488. The molecule has 0 aliphatic heterocycles. The van der Waals surface area contributed by atoms with Crippen LogP contribution in [-0.2, 0) is 6.42 Å². The monoisotopic (exact) mass is 326 g/mol. The third-order valence-electron chi connectivity index (χ3n) is 3.46. The average Bonchev–Trinajstić information content (AvgIpc) is 2.93. The number of nitrogens with one attached hydrogen (secondary N) is 2. The molecule has 2 heterocycles. The van der Waals surface area contributed by atoms with Crippen LogP contribution in [0.5, 0.6) is 0 Å². The second-order valence-electron chi connectivity index (χ2n) is 5.41. The smallest absolute Gasteiger partial charge is 0.252 e. The highest BCUT2D eigenvalue weighted by Gasteiger charge is 2.16. The van der Waals surface area contributed by atoms with Crippen molar-refractivity contribution in [2.24, 2.45) is 0 Å². The van der Waals surface area contributed by atoms with Crippen LogP contribution in [0.25, 0.3) is 0 Å². The fourth-order valence-corrected chi connectivity index (χ4v) is 3.10. The molecule has 0 aliphatic rings. The minimum Gasteiger partial charge on any atom is -0.347 e. The molecule has 0 aliphatic carbocycles. The van der Waals surface area contributed by atoms with Gasteiger partial charge in [0.05, 0.1) is 16.7 Å². The molecule has 1 aromatic carbocycles. The summed E-state index contributed by atoms with van der Waals surface area (Å²) in [6.45, 7) is 3.79. The molecule has 5 nitrogen and oxygen atoms in total. The molecule has 3 aromatic rings. The first-order valence-electron chi connectivity index (χ1n) is 7.40. The lowest BCUT2D eigenvalue weighted by Crippen LogP contribution is -2.19. The third-order valence-corrected chi connectivity index (χ3v) is 4.25. The molecule has 0 fully saturated rings. The highest BCUT2D eigenvalue weighted by molar-refractivity contribution is 7.09. The number of aromatic nitrogens is 3. The summed E-state index contributed by atoms with van der Waals surface area (Å²) in [5, 5.41) is 6.38. The molecule has 23 heavy (non-hydrogen) atoms. The first-order valence-corrected chi connectivity index (χ1v) is 8.28. The zero-order valence-electron chi connectivity index (χ0n) is 13.0. The summed E-state index contributed by atoms with van der Waals surface area (Å²) in [4.78, 5) is 23.3. The van der Waals surface area contributed by atoms with E-state index >= 15 is 0 Å². The van der Waals surface area contributed by atoms with Crippen molar-refractivity contribution in [2.45, 2.75) is 26.3 Å². The maximum Gasteiger partial charge on any atom is 0.252 e. The summed E-state index contributed by atoms with van der Waals surface area (Å²) in [6, 6.07) is 11.6. The Labute approximate surface area is 138 Å². The second kappa shape index (κ2) is 6.75. The van der Waals surface area contributed by atoms with Gasteiger partial charge in [0.2, 0.25) is 5.95 Å². The first kappa shape index (κ1) is 15.4. The molecule has 2 N–H and O–H groups in total. The van der Waals surface area contributed by atoms with Crippen molar-refractivity contribution in [1.29, 1.82) is 0 Å². The minimum atomic E-state index is -0.159. The maximum atomic E-state index is 11.6. The van der Waals surface area contributed by atoms with Crippen molar-refractivity contribution in [3.63, 3.8) is 0 Å². The van der Waals surface area contributed by atoms with Crippen molar-refractivity contribution in [1.82, 2.24) is 15.0 Å². The summed E-state index contributed by atoms with van der Waals surface area (Å²) in [5.74, 6) is 0.474. The van der Waals surface area contributed by atoms with E-state index in [9.17, 15) is 4.79 Å². The Morgan fingerprint density at radius 3 is 2.65 bits per heavy atom. The number of thiazole rings is 1. The number of H-pyrrole nitrogens is 1. The molecule has 2 aromatic heterocycles. The van der Waals surface area contributed by atoms with Crippen molar-refractivity contribution < 1.29 is 0 Å². The summed E-state index contributed by atoms with van der Waals surface area (Å²) in [7, 11) is 0. The molecule has 0 saturated carbocycles. The number of aromatic amines is 1. The van der Waals surface area contributed by atoms with E-state index in [-0.39, 0.29) is 11.6 Å². The van der Waals surface area contributed by atoms with Crippen molar-refractivity contribution in [2.75, 3.05) is 5.32 Å². The van der Waals surface area contributed by atoms with Gasteiger partial charge in [0.25, 0.3) is 5.56 Å². The summed E-state index contributed by atoms with van der Waals surface area (Å²) < 4.78 is 0. The van der Waals surface area contributed by atoms with Crippen LogP contribution in [-0.4, -0.2) is 15.0 Å². The van der Waals surface area contributed by atoms with Gasteiger partial charge in [-0.15, -0.1) is 11.3 Å². The molecular weight excluding hydrogens is 308 g/mol. The molecule has 0 spiro atoms. The maximum absolute atomic E-state index is 11.6. The summed E-state index contributed by atoms with van der Waals surface area (Å²) >= 11 is 1.62. The molecular formula is C17H18N4OS. The first-order chi connectivity index (χ1) is 11.1. The van der Waals surface area contributed by atoms with Crippen LogP contribution in [0.2, 0.25) is 0 Å². The fraction of sp³-hybridized carbons (Fsp3) is 0.235. The highest BCUT2D eigenvalue weighted by Crippen LogP contribution is 2.23. The Balaban J connectivity index is 1.90. The van der Waals surface area contributed by atoms with Crippen LogP contribution < -0.4 is 10.9 Å². The van der Waals surface area contributed by atoms with E-state index in [4.69, 9.17) is 0 Å². The Morgan fingerprint density at radius 1 is 1.22 bits per heavy atom. The van der Waals surface area contributed by atoms with Crippen LogP contribution in [0.15, 0.2) is 46.6 Å². The van der Waals surface area contributed by atoms with E-state index in [1.54, 1.807) is 18.3 Å². The number of hydrogen-bond acceptors (Lipinski definition) is 5. The average molecular weight is 326 g/mol.